The predicted octanol–water partition coefficient (Wildman–Crippen LogP) is 5.12. The van der Waals surface area contributed by atoms with Gasteiger partial charge in [-0.05, 0) is 73.5 Å². The number of alkyl halides is 1. The number of hydrogen-bond acceptors (Lipinski definition) is 1. The number of ether oxygens (including phenoxy) is 1. The first-order valence-corrected chi connectivity index (χ1v) is 8.63. The highest BCUT2D eigenvalue weighted by Crippen LogP contribution is 2.51. The molecule has 1 aromatic rings. The van der Waals surface area contributed by atoms with Crippen LogP contribution >= 0.6 is 11.6 Å². The molecule has 2 heteroatoms. The largest absolute Gasteiger partial charge is 0.493 e. The molecule has 2 fully saturated rings. The Kier molecular flexibility index (Phi) is 3.42. The van der Waals surface area contributed by atoms with Gasteiger partial charge in [0.2, 0.25) is 0 Å². The standard InChI is InChI=1S/C18H23ClO/c19-17(11-16-9-12-3-4-13(16)8-12)14-5-6-18-15(10-14)2-1-7-20-18/h5-6,10,12-13,16-17H,1-4,7-9,11H2. The van der Waals surface area contributed by atoms with Gasteiger partial charge in [-0.1, -0.05) is 18.6 Å². The molecule has 0 spiro atoms. The van der Waals surface area contributed by atoms with E-state index < -0.39 is 0 Å². The molecule has 4 unspecified atom stereocenters. The quantitative estimate of drug-likeness (QED) is 0.702. The first kappa shape index (κ1) is 13.0. The molecular formula is C18H23ClO. The first-order valence-electron chi connectivity index (χ1n) is 8.19. The topological polar surface area (TPSA) is 9.23 Å². The molecule has 4 atom stereocenters. The van der Waals surface area contributed by atoms with Crippen molar-refractivity contribution in [2.45, 2.75) is 50.3 Å². The number of benzene rings is 1. The summed E-state index contributed by atoms with van der Waals surface area (Å²) in [5.74, 6) is 3.94. The Labute approximate surface area is 126 Å². The summed E-state index contributed by atoms with van der Waals surface area (Å²) in [6, 6.07) is 6.59. The summed E-state index contributed by atoms with van der Waals surface area (Å²) in [4.78, 5) is 0. The van der Waals surface area contributed by atoms with Gasteiger partial charge in [0.15, 0.2) is 0 Å². The summed E-state index contributed by atoms with van der Waals surface area (Å²) in [6.45, 7) is 0.863. The van der Waals surface area contributed by atoms with Crippen molar-refractivity contribution in [3.8, 4) is 5.75 Å². The van der Waals surface area contributed by atoms with Crippen LogP contribution in [-0.2, 0) is 6.42 Å². The van der Waals surface area contributed by atoms with Crippen LogP contribution in [0.3, 0.4) is 0 Å². The average Bonchev–Trinajstić information content (AvgIpc) is 3.09. The van der Waals surface area contributed by atoms with Crippen molar-refractivity contribution in [1.29, 1.82) is 0 Å². The van der Waals surface area contributed by atoms with Crippen LogP contribution < -0.4 is 4.74 Å². The van der Waals surface area contributed by atoms with Crippen LogP contribution in [0.5, 0.6) is 5.75 Å². The Morgan fingerprint density at radius 3 is 3.00 bits per heavy atom. The minimum atomic E-state index is 0.187. The molecule has 0 aromatic heterocycles. The molecule has 0 N–H and O–H groups in total. The Bertz CT molecular complexity index is 498. The van der Waals surface area contributed by atoms with Crippen LogP contribution in [0.2, 0.25) is 0 Å². The van der Waals surface area contributed by atoms with Gasteiger partial charge in [0.25, 0.3) is 0 Å². The normalized spacial score (nSPS) is 32.8. The zero-order valence-electron chi connectivity index (χ0n) is 12.0. The van der Waals surface area contributed by atoms with Crippen molar-refractivity contribution in [2.24, 2.45) is 17.8 Å². The third-order valence-corrected chi connectivity index (χ3v) is 6.12. The average molecular weight is 291 g/mol. The van der Waals surface area contributed by atoms with Crippen LogP contribution in [-0.4, -0.2) is 6.61 Å². The summed E-state index contributed by atoms with van der Waals surface area (Å²) in [7, 11) is 0. The highest BCUT2D eigenvalue weighted by Gasteiger charge is 2.40. The van der Waals surface area contributed by atoms with Gasteiger partial charge in [-0.2, -0.15) is 0 Å². The highest BCUT2D eigenvalue weighted by atomic mass is 35.5. The molecule has 2 bridgehead atoms. The Morgan fingerprint density at radius 1 is 1.25 bits per heavy atom. The fourth-order valence-electron chi connectivity index (χ4n) is 4.64. The van der Waals surface area contributed by atoms with Gasteiger partial charge >= 0.3 is 0 Å². The zero-order valence-corrected chi connectivity index (χ0v) is 12.7. The van der Waals surface area contributed by atoms with Gasteiger partial charge in [-0.3, -0.25) is 0 Å². The van der Waals surface area contributed by atoms with E-state index in [4.69, 9.17) is 16.3 Å². The predicted molar refractivity (Wildman–Crippen MR) is 82.4 cm³/mol. The Hall–Kier alpha value is -0.690. The molecule has 2 saturated carbocycles. The van der Waals surface area contributed by atoms with E-state index in [9.17, 15) is 0 Å². The van der Waals surface area contributed by atoms with Gasteiger partial charge in [-0.15, -0.1) is 11.6 Å². The van der Waals surface area contributed by atoms with E-state index in [0.717, 1.165) is 43.0 Å². The Morgan fingerprint density at radius 2 is 2.20 bits per heavy atom. The fourth-order valence-corrected chi connectivity index (χ4v) is 5.01. The molecule has 0 radical (unpaired) electrons. The summed E-state index contributed by atoms with van der Waals surface area (Å²) < 4.78 is 5.69. The van der Waals surface area contributed by atoms with Gasteiger partial charge in [0.1, 0.15) is 5.75 Å². The van der Waals surface area contributed by atoms with E-state index in [1.165, 1.54) is 43.2 Å². The minimum Gasteiger partial charge on any atom is -0.493 e. The number of rotatable bonds is 3. The van der Waals surface area contributed by atoms with E-state index >= 15 is 0 Å². The Balaban J connectivity index is 1.46. The van der Waals surface area contributed by atoms with Crippen LogP contribution in [0.1, 0.15) is 55.0 Å². The monoisotopic (exact) mass is 290 g/mol. The van der Waals surface area contributed by atoms with Crippen molar-refractivity contribution >= 4 is 11.6 Å². The van der Waals surface area contributed by atoms with E-state index in [1.54, 1.807) is 0 Å². The number of fused-ring (bicyclic) bond motifs is 3. The molecule has 1 heterocycles. The number of halogens is 1. The molecule has 4 rings (SSSR count). The summed E-state index contributed by atoms with van der Waals surface area (Å²) >= 11 is 6.73. The second-order valence-corrected chi connectivity index (χ2v) is 7.48. The van der Waals surface area contributed by atoms with E-state index in [0.29, 0.717) is 0 Å². The maximum absolute atomic E-state index is 6.73. The van der Waals surface area contributed by atoms with Gasteiger partial charge in [0, 0.05) is 0 Å². The molecule has 0 saturated heterocycles. The summed E-state index contributed by atoms with van der Waals surface area (Å²) in [5.41, 5.74) is 2.66. The van der Waals surface area contributed by atoms with Crippen LogP contribution in [0, 0.1) is 17.8 Å². The van der Waals surface area contributed by atoms with Crippen molar-refractivity contribution < 1.29 is 4.74 Å². The molecule has 3 aliphatic rings. The lowest BCUT2D eigenvalue weighted by atomic mass is 9.84. The van der Waals surface area contributed by atoms with E-state index in [1.807, 2.05) is 0 Å². The molecule has 0 amide bonds. The number of hydrogen-bond donors (Lipinski definition) is 0. The zero-order chi connectivity index (χ0) is 13.5. The summed E-state index contributed by atoms with van der Waals surface area (Å²) in [6.07, 6.45) is 9.29. The van der Waals surface area contributed by atoms with Crippen LogP contribution in [0.15, 0.2) is 18.2 Å². The number of aryl methyl sites for hydroxylation is 1. The molecule has 2 aliphatic carbocycles. The van der Waals surface area contributed by atoms with Gasteiger partial charge in [-0.25, -0.2) is 0 Å². The molecular weight excluding hydrogens is 268 g/mol. The lowest BCUT2D eigenvalue weighted by Crippen LogP contribution is -2.13. The van der Waals surface area contributed by atoms with Crippen molar-refractivity contribution in [3.05, 3.63) is 29.3 Å². The minimum absolute atomic E-state index is 0.187. The van der Waals surface area contributed by atoms with Crippen molar-refractivity contribution in [2.75, 3.05) is 6.61 Å². The maximum Gasteiger partial charge on any atom is 0.122 e. The van der Waals surface area contributed by atoms with E-state index in [-0.39, 0.29) is 5.38 Å². The maximum atomic E-state index is 6.73. The molecule has 1 aromatic carbocycles. The first-order chi connectivity index (χ1) is 9.79. The highest BCUT2D eigenvalue weighted by molar-refractivity contribution is 6.20. The third-order valence-electron chi connectivity index (χ3n) is 5.69. The lowest BCUT2D eigenvalue weighted by Gasteiger charge is -2.25. The van der Waals surface area contributed by atoms with Gasteiger partial charge in [0.05, 0.1) is 12.0 Å². The molecule has 1 aliphatic heterocycles. The molecule has 1 nitrogen and oxygen atoms in total. The van der Waals surface area contributed by atoms with Crippen LogP contribution in [0.25, 0.3) is 0 Å². The second-order valence-electron chi connectivity index (χ2n) is 6.96. The van der Waals surface area contributed by atoms with Crippen molar-refractivity contribution in [1.82, 2.24) is 0 Å². The second kappa shape index (κ2) is 5.26. The van der Waals surface area contributed by atoms with E-state index in [2.05, 4.69) is 18.2 Å². The molecule has 20 heavy (non-hydrogen) atoms. The van der Waals surface area contributed by atoms with Gasteiger partial charge < -0.3 is 4.74 Å². The van der Waals surface area contributed by atoms with Crippen molar-refractivity contribution in [3.63, 3.8) is 0 Å². The SMILES string of the molecule is ClC(CC1CC2CCC1C2)c1ccc2c(c1)CCCO2. The lowest BCUT2D eigenvalue weighted by molar-refractivity contribution is 0.288. The third kappa shape index (κ3) is 2.35. The fraction of sp³-hybridized carbons (Fsp3) is 0.667. The molecule has 108 valence electrons. The summed E-state index contributed by atoms with van der Waals surface area (Å²) in [5, 5.41) is 0.187. The smallest absolute Gasteiger partial charge is 0.122 e. The van der Waals surface area contributed by atoms with Crippen LogP contribution in [0.4, 0.5) is 0 Å².